The molecule has 1 saturated carbocycles. The van der Waals surface area contributed by atoms with Gasteiger partial charge in [-0.1, -0.05) is 32.9 Å². The molecule has 0 aromatic heterocycles. The van der Waals surface area contributed by atoms with Gasteiger partial charge < -0.3 is 15.0 Å². The Morgan fingerprint density at radius 1 is 1.22 bits per heavy atom. The van der Waals surface area contributed by atoms with E-state index < -0.39 is 0 Å². The molecule has 2 heterocycles. The molecule has 36 heavy (non-hydrogen) atoms. The van der Waals surface area contributed by atoms with Gasteiger partial charge in [-0.15, -0.1) is 0 Å². The Hall–Kier alpha value is -3.06. The van der Waals surface area contributed by atoms with Crippen molar-refractivity contribution in [2.75, 3.05) is 19.5 Å². The van der Waals surface area contributed by atoms with Crippen LogP contribution in [-0.4, -0.2) is 54.8 Å². The van der Waals surface area contributed by atoms with E-state index in [2.05, 4.69) is 49.3 Å². The molecule has 7 nitrogen and oxygen atoms in total. The average molecular weight is 491 g/mol. The highest BCUT2D eigenvalue weighted by Gasteiger charge is 2.37. The predicted octanol–water partition coefficient (Wildman–Crippen LogP) is 5.11. The second kappa shape index (κ2) is 10.1. The van der Waals surface area contributed by atoms with Crippen LogP contribution in [0, 0.1) is 11.3 Å². The third-order valence-electron chi connectivity index (χ3n) is 7.32. The topological polar surface area (TPSA) is 83.4 Å². The van der Waals surface area contributed by atoms with Gasteiger partial charge in [0.1, 0.15) is 11.8 Å². The standard InChI is InChI=1S/C29H38N4O3/c1-17-14-23-26(31-17)25(18(2)36-7)24(16-30-23)32-21-11-8-19(9-12-21)27(29(3,4)5)33(6)28(35)20-10-13-22(34)15-20/h8-9,11-12,14,16,18,20,23,27,32H,10,13,15H2,1-7H3/t18-,20-,23?,27-/m0/s1. The Balaban J connectivity index is 1.58. The van der Waals surface area contributed by atoms with Crippen molar-refractivity contribution in [3.8, 4) is 0 Å². The number of carbonyl (C=O) groups excluding carboxylic acids is 2. The van der Waals surface area contributed by atoms with Crippen LogP contribution >= 0.6 is 0 Å². The second-order valence-corrected chi connectivity index (χ2v) is 11.2. The molecule has 3 aliphatic rings. The number of Topliss-reactive ketones (excluding diaryl/α,β-unsaturated/α-hetero) is 1. The molecular weight excluding hydrogens is 452 g/mol. The smallest absolute Gasteiger partial charge is 0.226 e. The first kappa shape index (κ1) is 26.0. The zero-order valence-corrected chi connectivity index (χ0v) is 22.5. The van der Waals surface area contributed by atoms with E-state index in [4.69, 9.17) is 9.73 Å². The minimum absolute atomic E-state index is 0.0543. The highest BCUT2D eigenvalue weighted by molar-refractivity contribution is 6.15. The molecule has 1 N–H and O–H groups in total. The number of dihydropyridines is 1. The molecular formula is C29H38N4O3. The van der Waals surface area contributed by atoms with Crippen molar-refractivity contribution < 1.29 is 14.3 Å². The first-order chi connectivity index (χ1) is 17.0. The zero-order valence-electron chi connectivity index (χ0n) is 22.5. The molecule has 0 spiro atoms. The third kappa shape index (κ3) is 5.21. The van der Waals surface area contributed by atoms with Crippen LogP contribution in [0.1, 0.15) is 65.5 Å². The number of rotatable bonds is 7. The molecule has 7 heteroatoms. The summed E-state index contributed by atoms with van der Waals surface area (Å²) < 4.78 is 5.66. The lowest BCUT2D eigenvalue weighted by Gasteiger charge is -2.39. The van der Waals surface area contributed by atoms with Crippen molar-refractivity contribution in [2.45, 2.75) is 72.1 Å². The third-order valence-corrected chi connectivity index (χ3v) is 7.32. The number of nitrogens with one attached hydrogen (secondary N) is 1. The van der Waals surface area contributed by atoms with Crippen LogP contribution in [0.25, 0.3) is 0 Å². The molecule has 1 aliphatic carbocycles. The number of amides is 1. The summed E-state index contributed by atoms with van der Waals surface area (Å²) in [4.78, 5) is 36.2. The SMILES string of the molecule is CO[C@@H](C)C1=C(Nc2ccc([C@H](N(C)C(=O)[C@H]3CCC(=O)C3)C(C)(C)C)cc2)C=NC2C=C(C)N=C12. The number of allylic oxidation sites excluding steroid dienone is 2. The van der Waals surface area contributed by atoms with Crippen molar-refractivity contribution in [3.05, 3.63) is 52.9 Å². The number of nitrogens with zero attached hydrogens (tertiary/aromatic N) is 3. The molecule has 1 fully saturated rings. The van der Waals surface area contributed by atoms with Crippen LogP contribution < -0.4 is 5.32 Å². The summed E-state index contributed by atoms with van der Waals surface area (Å²) in [6.45, 7) is 10.4. The van der Waals surface area contributed by atoms with Crippen molar-refractivity contribution in [1.29, 1.82) is 0 Å². The lowest BCUT2D eigenvalue weighted by molar-refractivity contribution is -0.139. The number of anilines is 1. The van der Waals surface area contributed by atoms with Gasteiger partial charge in [0.05, 0.1) is 23.6 Å². The minimum atomic E-state index is -0.201. The Morgan fingerprint density at radius 2 is 1.92 bits per heavy atom. The molecule has 0 bridgehead atoms. The van der Waals surface area contributed by atoms with Crippen molar-refractivity contribution in [1.82, 2.24) is 4.90 Å². The Labute approximate surface area is 214 Å². The highest BCUT2D eigenvalue weighted by Crippen LogP contribution is 2.39. The monoisotopic (exact) mass is 490 g/mol. The largest absolute Gasteiger partial charge is 0.377 e. The molecule has 2 aliphatic heterocycles. The number of ketones is 1. The fourth-order valence-electron chi connectivity index (χ4n) is 5.59. The summed E-state index contributed by atoms with van der Waals surface area (Å²) in [5, 5.41) is 3.51. The molecule has 1 aromatic rings. The fraction of sp³-hybridized carbons (Fsp3) is 0.517. The minimum Gasteiger partial charge on any atom is -0.377 e. The molecule has 4 atom stereocenters. The average Bonchev–Trinajstić information content (AvgIpc) is 3.42. The van der Waals surface area contributed by atoms with Gasteiger partial charge in [0.15, 0.2) is 0 Å². The van der Waals surface area contributed by atoms with Gasteiger partial charge in [0.2, 0.25) is 5.91 Å². The second-order valence-electron chi connectivity index (χ2n) is 11.2. The van der Waals surface area contributed by atoms with Gasteiger partial charge in [-0.05, 0) is 49.5 Å². The van der Waals surface area contributed by atoms with Crippen molar-refractivity contribution in [3.63, 3.8) is 0 Å². The van der Waals surface area contributed by atoms with Gasteiger partial charge >= 0.3 is 0 Å². The first-order valence-electron chi connectivity index (χ1n) is 12.7. The molecule has 1 amide bonds. The maximum absolute atomic E-state index is 13.2. The Bertz CT molecular complexity index is 1150. The molecule has 4 rings (SSSR count). The van der Waals surface area contributed by atoms with Crippen molar-refractivity contribution >= 4 is 29.3 Å². The molecule has 0 radical (unpaired) electrons. The maximum Gasteiger partial charge on any atom is 0.226 e. The Morgan fingerprint density at radius 3 is 2.50 bits per heavy atom. The predicted molar refractivity (Wildman–Crippen MR) is 144 cm³/mol. The van der Waals surface area contributed by atoms with Crippen LogP contribution in [-0.2, 0) is 14.3 Å². The molecule has 0 saturated heterocycles. The van der Waals surface area contributed by atoms with Gasteiger partial charge in [0, 0.05) is 56.1 Å². The van der Waals surface area contributed by atoms with E-state index >= 15 is 0 Å². The number of hydrogen-bond acceptors (Lipinski definition) is 6. The van der Waals surface area contributed by atoms with Gasteiger partial charge in [-0.3, -0.25) is 19.6 Å². The summed E-state index contributed by atoms with van der Waals surface area (Å²) >= 11 is 0. The van der Waals surface area contributed by atoms with E-state index in [0.717, 1.165) is 33.9 Å². The van der Waals surface area contributed by atoms with Crippen molar-refractivity contribution in [2.24, 2.45) is 21.3 Å². The van der Waals surface area contributed by atoms with Gasteiger partial charge in [-0.2, -0.15) is 0 Å². The van der Waals surface area contributed by atoms with E-state index in [9.17, 15) is 9.59 Å². The van der Waals surface area contributed by atoms with Gasteiger partial charge in [-0.25, -0.2) is 0 Å². The number of benzene rings is 1. The van der Waals surface area contributed by atoms with E-state index in [-0.39, 0.29) is 41.2 Å². The molecule has 1 unspecified atom stereocenters. The van der Waals surface area contributed by atoms with Crippen LogP contribution in [0.4, 0.5) is 5.69 Å². The zero-order chi connectivity index (χ0) is 26.2. The van der Waals surface area contributed by atoms with E-state index in [1.165, 1.54) is 0 Å². The summed E-state index contributed by atoms with van der Waals surface area (Å²) in [6, 6.07) is 8.05. The first-order valence-corrected chi connectivity index (χ1v) is 12.7. The molecule has 192 valence electrons. The summed E-state index contributed by atoms with van der Waals surface area (Å²) in [5.74, 6) is 0.0426. The summed E-state index contributed by atoms with van der Waals surface area (Å²) in [6.07, 6.45) is 5.32. The number of carbonyl (C=O) groups is 2. The van der Waals surface area contributed by atoms with E-state index in [1.54, 1.807) is 7.11 Å². The number of ether oxygens (including phenoxy) is 1. The fourth-order valence-corrected chi connectivity index (χ4v) is 5.59. The number of aliphatic imine (C=N–C) groups is 2. The van der Waals surface area contributed by atoms with E-state index in [0.29, 0.717) is 19.3 Å². The summed E-state index contributed by atoms with van der Waals surface area (Å²) in [5.41, 5.74) is 5.59. The quantitative estimate of drug-likeness (QED) is 0.575. The summed E-state index contributed by atoms with van der Waals surface area (Å²) in [7, 11) is 3.57. The lowest BCUT2D eigenvalue weighted by atomic mass is 9.81. The van der Waals surface area contributed by atoms with Crippen LogP contribution in [0.3, 0.4) is 0 Å². The molecule has 1 aromatic carbocycles. The van der Waals surface area contributed by atoms with Crippen LogP contribution in [0.5, 0.6) is 0 Å². The van der Waals surface area contributed by atoms with Gasteiger partial charge in [0.25, 0.3) is 0 Å². The van der Waals surface area contributed by atoms with Crippen LogP contribution in [0.2, 0.25) is 0 Å². The maximum atomic E-state index is 13.2. The number of methoxy groups -OCH3 is 1. The lowest BCUT2D eigenvalue weighted by Crippen LogP contribution is -2.41. The van der Waals surface area contributed by atoms with Crippen LogP contribution in [0.15, 0.2) is 57.3 Å². The highest BCUT2D eigenvalue weighted by atomic mass is 16.5. The number of hydrogen-bond donors (Lipinski definition) is 1. The number of fused-ring (bicyclic) bond motifs is 1. The Kier molecular flexibility index (Phi) is 7.32. The normalized spacial score (nSPS) is 23.2. The van der Waals surface area contributed by atoms with E-state index in [1.807, 2.05) is 44.1 Å².